The van der Waals surface area contributed by atoms with Gasteiger partial charge in [-0.05, 0) is 6.92 Å². The first-order chi connectivity index (χ1) is 6.82. The Kier molecular flexibility index (Phi) is 4.13. The quantitative estimate of drug-likeness (QED) is 0.445. The molecule has 0 aromatic heterocycles. The van der Waals surface area contributed by atoms with Gasteiger partial charge in [0.05, 0.1) is 4.32 Å². The van der Waals surface area contributed by atoms with E-state index in [-0.39, 0.29) is 22.5 Å². The summed E-state index contributed by atoms with van der Waals surface area (Å²) in [5.41, 5.74) is -1.13. The summed E-state index contributed by atoms with van der Waals surface area (Å²) in [6.07, 6.45) is -0.468. The molecule has 5 nitrogen and oxygen atoms in total. The van der Waals surface area contributed by atoms with Gasteiger partial charge in [-0.3, -0.25) is 10.1 Å². The molecule has 7 heteroatoms. The maximum atomic E-state index is 10.7. The zero-order valence-corrected chi connectivity index (χ0v) is 11.7. The van der Waals surface area contributed by atoms with Crippen LogP contribution in [0.1, 0.15) is 13.8 Å². The molecule has 1 atom stereocenters. The number of hydrogen-bond acceptors (Lipinski definition) is 4. The van der Waals surface area contributed by atoms with E-state index in [1.54, 1.807) is 0 Å². The standard InChI is InChI=1S/C8H13Br2NO4/c1-7(11(12)13)4-14-6(15-5-7)8(2,10)3-9/h6H,3-5H2,1-2H3/t6?,7?,8-/m0/s1. The smallest absolute Gasteiger partial charge is 0.265 e. The van der Waals surface area contributed by atoms with E-state index < -0.39 is 11.8 Å². The van der Waals surface area contributed by atoms with E-state index in [0.717, 1.165) is 0 Å². The van der Waals surface area contributed by atoms with Crippen LogP contribution >= 0.6 is 31.9 Å². The van der Waals surface area contributed by atoms with Gasteiger partial charge in [0.15, 0.2) is 6.29 Å². The first-order valence-corrected chi connectivity index (χ1v) is 6.36. The third-order valence-corrected chi connectivity index (χ3v) is 4.86. The third-order valence-electron chi connectivity index (χ3n) is 2.28. The van der Waals surface area contributed by atoms with Gasteiger partial charge >= 0.3 is 0 Å². The summed E-state index contributed by atoms with van der Waals surface area (Å²) in [6, 6.07) is 0. The molecule has 1 saturated heterocycles. The molecule has 1 aliphatic heterocycles. The molecule has 0 radical (unpaired) electrons. The van der Waals surface area contributed by atoms with Crippen LogP contribution in [0, 0.1) is 10.1 Å². The molecule has 0 aromatic carbocycles. The molecular formula is C8H13Br2NO4. The lowest BCUT2D eigenvalue weighted by molar-refractivity contribution is -0.586. The van der Waals surface area contributed by atoms with Crippen molar-refractivity contribution in [1.82, 2.24) is 0 Å². The average molecular weight is 347 g/mol. The first kappa shape index (κ1) is 13.3. The fourth-order valence-electron chi connectivity index (χ4n) is 1.12. The molecule has 1 aliphatic rings. The largest absolute Gasteiger partial charge is 0.344 e. The summed E-state index contributed by atoms with van der Waals surface area (Å²) in [5.74, 6) is 0. The Morgan fingerprint density at radius 1 is 1.60 bits per heavy atom. The van der Waals surface area contributed by atoms with E-state index in [2.05, 4.69) is 31.9 Å². The Balaban J connectivity index is 2.60. The van der Waals surface area contributed by atoms with Crippen molar-refractivity contribution in [2.24, 2.45) is 0 Å². The fourth-order valence-corrected chi connectivity index (χ4v) is 1.64. The minimum atomic E-state index is -1.13. The number of nitro groups is 1. The molecule has 0 bridgehead atoms. The van der Waals surface area contributed by atoms with Crippen LogP contribution < -0.4 is 0 Å². The number of nitrogens with zero attached hydrogens (tertiary/aromatic N) is 1. The van der Waals surface area contributed by atoms with Crippen LogP contribution in [0.25, 0.3) is 0 Å². The van der Waals surface area contributed by atoms with Crippen molar-refractivity contribution in [2.45, 2.75) is 30.0 Å². The molecule has 0 amide bonds. The molecule has 1 rings (SSSR count). The normalized spacial score (nSPS) is 35.9. The topological polar surface area (TPSA) is 61.6 Å². The minimum Gasteiger partial charge on any atom is -0.344 e. The SMILES string of the molecule is CC1([N+](=O)[O-])COC([C@@](C)(Br)CBr)OC1. The molecule has 15 heavy (non-hydrogen) atoms. The van der Waals surface area contributed by atoms with Crippen LogP contribution in [-0.2, 0) is 9.47 Å². The van der Waals surface area contributed by atoms with Gasteiger partial charge in [-0.15, -0.1) is 0 Å². The van der Waals surface area contributed by atoms with Crippen molar-refractivity contribution < 1.29 is 14.4 Å². The van der Waals surface area contributed by atoms with Gasteiger partial charge in [-0.2, -0.15) is 0 Å². The van der Waals surface area contributed by atoms with Crippen LogP contribution in [0.2, 0.25) is 0 Å². The molecule has 0 spiro atoms. The Labute approximate surface area is 105 Å². The number of rotatable bonds is 3. The number of alkyl halides is 2. The third kappa shape index (κ3) is 2.89. The maximum Gasteiger partial charge on any atom is 0.265 e. The van der Waals surface area contributed by atoms with E-state index >= 15 is 0 Å². The van der Waals surface area contributed by atoms with Gasteiger partial charge in [-0.25, -0.2) is 0 Å². The molecule has 0 aromatic rings. The predicted molar refractivity (Wildman–Crippen MR) is 62.2 cm³/mol. The summed E-state index contributed by atoms with van der Waals surface area (Å²) in [4.78, 5) is 10.4. The Hall–Kier alpha value is 0.280. The summed E-state index contributed by atoms with van der Waals surface area (Å²) in [5, 5.41) is 11.4. The molecule has 1 heterocycles. The lowest BCUT2D eigenvalue weighted by Gasteiger charge is -2.37. The highest BCUT2D eigenvalue weighted by Gasteiger charge is 2.47. The number of hydrogen-bond donors (Lipinski definition) is 0. The average Bonchev–Trinajstić information content (AvgIpc) is 2.18. The van der Waals surface area contributed by atoms with Gasteiger partial charge < -0.3 is 9.47 Å². The van der Waals surface area contributed by atoms with Gasteiger partial charge in [0.1, 0.15) is 13.2 Å². The van der Waals surface area contributed by atoms with Crippen molar-refractivity contribution in [3.05, 3.63) is 10.1 Å². The van der Waals surface area contributed by atoms with E-state index in [9.17, 15) is 10.1 Å². The van der Waals surface area contributed by atoms with E-state index in [0.29, 0.717) is 5.33 Å². The summed E-state index contributed by atoms with van der Waals surface area (Å²) < 4.78 is 10.4. The van der Waals surface area contributed by atoms with E-state index in [4.69, 9.17) is 9.47 Å². The van der Waals surface area contributed by atoms with Crippen LogP contribution in [0.5, 0.6) is 0 Å². The molecule has 1 fully saturated rings. The number of ether oxygens (including phenoxy) is 2. The zero-order valence-electron chi connectivity index (χ0n) is 8.53. The van der Waals surface area contributed by atoms with Crippen LogP contribution in [0.4, 0.5) is 0 Å². The summed E-state index contributed by atoms with van der Waals surface area (Å²) in [7, 11) is 0. The highest BCUT2D eigenvalue weighted by Crippen LogP contribution is 2.32. The molecule has 0 unspecified atom stereocenters. The lowest BCUT2D eigenvalue weighted by atomic mass is 10.1. The molecule has 0 saturated carbocycles. The second-order valence-electron chi connectivity index (χ2n) is 4.12. The molecule has 0 N–H and O–H groups in total. The second kappa shape index (κ2) is 4.65. The Morgan fingerprint density at radius 3 is 2.40 bits per heavy atom. The lowest BCUT2D eigenvalue weighted by Crippen LogP contribution is -2.55. The van der Waals surface area contributed by atoms with E-state index in [1.807, 2.05) is 6.92 Å². The van der Waals surface area contributed by atoms with Crippen molar-refractivity contribution in [3.8, 4) is 0 Å². The summed E-state index contributed by atoms with van der Waals surface area (Å²) in [6.45, 7) is 3.56. The van der Waals surface area contributed by atoms with Crippen LogP contribution in [-0.4, -0.2) is 39.6 Å². The van der Waals surface area contributed by atoms with Crippen molar-refractivity contribution in [1.29, 1.82) is 0 Å². The van der Waals surface area contributed by atoms with Crippen molar-refractivity contribution in [3.63, 3.8) is 0 Å². The Morgan fingerprint density at radius 2 is 2.07 bits per heavy atom. The van der Waals surface area contributed by atoms with Crippen LogP contribution in [0.3, 0.4) is 0 Å². The molecule has 88 valence electrons. The van der Waals surface area contributed by atoms with Gasteiger partial charge in [-0.1, -0.05) is 31.9 Å². The van der Waals surface area contributed by atoms with Crippen LogP contribution in [0.15, 0.2) is 0 Å². The highest BCUT2D eigenvalue weighted by molar-refractivity contribution is 9.12. The van der Waals surface area contributed by atoms with E-state index in [1.165, 1.54) is 6.92 Å². The highest BCUT2D eigenvalue weighted by atomic mass is 79.9. The van der Waals surface area contributed by atoms with Gasteiger partial charge in [0, 0.05) is 17.2 Å². The first-order valence-electron chi connectivity index (χ1n) is 4.44. The molecular weight excluding hydrogens is 334 g/mol. The monoisotopic (exact) mass is 345 g/mol. The van der Waals surface area contributed by atoms with Gasteiger partial charge in [0.25, 0.3) is 5.54 Å². The predicted octanol–water partition coefficient (Wildman–Crippen LogP) is 1.94. The zero-order chi connectivity index (χ0) is 11.7. The fraction of sp³-hybridized carbons (Fsp3) is 1.00. The minimum absolute atomic E-state index is 0.0683. The maximum absolute atomic E-state index is 10.7. The molecule has 0 aliphatic carbocycles. The number of halogens is 2. The van der Waals surface area contributed by atoms with Crippen molar-refractivity contribution in [2.75, 3.05) is 18.5 Å². The second-order valence-corrected chi connectivity index (χ2v) is 6.49. The Bertz CT molecular complexity index is 251. The van der Waals surface area contributed by atoms with Crippen molar-refractivity contribution >= 4 is 31.9 Å². The summed E-state index contributed by atoms with van der Waals surface area (Å²) >= 11 is 6.77. The van der Waals surface area contributed by atoms with Gasteiger partial charge in [0.2, 0.25) is 0 Å².